The third-order valence-corrected chi connectivity index (χ3v) is 8.13. The molecule has 0 aromatic heterocycles. The summed E-state index contributed by atoms with van der Waals surface area (Å²) in [5.41, 5.74) is 0.317. The highest BCUT2D eigenvalue weighted by Gasteiger charge is 2.50. The van der Waals surface area contributed by atoms with E-state index in [1.165, 1.54) is 64.2 Å². The van der Waals surface area contributed by atoms with Crippen molar-refractivity contribution in [2.45, 2.75) is 145 Å². The first-order chi connectivity index (χ1) is 13.2. The lowest BCUT2D eigenvalue weighted by molar-refractivity contribution is -0.221. The molecule has 2 unspecified atom stereocenters. The molecule has 0 heterocycles. The van der Waals surface area contributed by atoms with E-state index >= 15 is 0 Å². The van der Waals surface area contributed by atoms with Crippen LogP contribution in [0.4, 0.5) is 0 Å². The Hall–Kier alpha value is -0.0400. The topological polar surface area (TPSA) is 9.23 Å². The van der Waals surface area contributed by atoms with E-state index in [1.807, 2.05) is 0 Å². The van der Waals surface area contributed by atoms with Crippen LogP contribution in [0, 0.1) is 34.5 Å². The van der Waals surface area contributed by atoms with Gasteiger partial charge in [0, 0.05) is 0 Å². The Morgan fingerprint density at radius 2 is 0.759 bits per heavy atom. The molecule has 0 aliphatic heterocycles. The Morgan fingerprint density at radius 3 is 1.00 bits per heavy atom. The predicted molar refractivity (Wildman–Crippen MR) is 128 cm³/mol. The van der Waals surface area contributed by atoms with Gasteiger partial charge in [0.1, 0.15) is 0 Å². The summed E-state index contributed by atoms with van der Waals surface area (Å²) < 4.78 is 7.31. The Kier molecular flexibility index (Phi) is 8.02. The molecule has 172 valence electrons. The third-order valence-electron chi connectivity index (χ3n) is 8.13. The molecular weight excluding hydrogens is 352 g/mol. The van der Waals surface area contributed by atoms with Crippen molar-refractivity contribution >= 4 is 0 Å². The standard InChI is InChI=1S/C28H54O/c1-25(2,3)23(21-17-13-11-14-18-21)27(7,8)29-28(9,10)24(26(4,5)6)22-19-15-12-16-20-22/h21-24H,11-20H2,1-10H3. The van der Waals surface area contributed by atoms with Crippen LogP contribution in [-0.2, 0) is 4.74 Å². The molecule has 0 spiro atoms. The maximum atomic E-state index is 7.31. The highest BCUT2D eigenvalue weighted by Crippen LogP contribution is 2.52. The van der Waals surface area contributed by atoms with Gasteiger partial charge in [0.15, 0.2) is 0 Å². The molecule has 1 nitrogen and oxygen atoms in total. The fraction of sp³-hybridized carbons (Fsp3) is 1.00. The van der Waals surface area contributed by atoms with E-state index in [0.29, 0.717) is 11.8 Å². The second kappa shape index (κ2) is 9.22. The van der Waals surface area contributed by atoms with Gasteiger partial charge in [-0.15, -0.1) is 0 Å². The molecule has 2 rings (SSSR count). The van der Waals surface area contributed by atoms with Crippen LogP contribution in [0.5, 0.6) is 0 Å². The number of rotatable bonds is 6. The average molecular weight is 407 g/mol. The fourth-order valence-electron chi connectivity index (χ4n) is 8.38. The Bertz CT molecular complexity index is 443. The first kappa shape index (κ1) is 25.2. The molecule has 2 fully saturated rings. The van der Waals surface area contributed by atoms with E-state index in [9.17, 15) is 0 Å². The van der Waals surface area contributed by atoms with Crippen LogP contribution in [-0.4, -0.2) is 11.2 Å². The lowest BCUT2D eigenvalue weighted by atomic mass is 9.60. The van der Waals surface area contributed by atoms with E-state index in [1.54, 1.807) is 0 Å². The summed E-state index contributed by atoms with van der Waals surface area (Å²) in [7, 11) is 0. The van der Waals surface area contributed by atoms with Gasteiger partial charge >= 0.3 is 0 Å². The zero-order valence-corrected chi connectivity index (χ0v) is 21.8. The number of ether oxygens (including phenoxy) is 1. The van der Waals surface area contributed by atoms with E-state index in [2.05, 4.69) is 69.2 Å². The lowest BCUT2D eigenvalue weighted by Gasteiger charge is -2.55. The van der Waals surface area contributed by atoms with Crippen LogP contribution in [0.2, 0.25) is 0 Å². The van der Waals surface area contributed by atoms with E-state index in [4.69, 9.17) is 4.74 Å². The maximum absolute atomic E-state index is 7.31. The zero-order chi connectivity index (χ0) is 22.1. The zero-order valence-electron chi connectivity index (χ0n) is 21.8. The third kappa shape index (κ3) is 6.47. The SMILES string of the molecule is CC(C)(C)C(C1CCCCC1)C(C)(C)OC(C)(C)C(C1CCCCC1)C(C)(C)C. The number of hydrogen-bond acceptors (Lipinski definition) is 1. The van der Waals surface area contributed by atoms with Gasteiger partial charge in [-0.05, 0) is 62.2 Å². The minimum absolute atomic E-state index is 0.109. The minimum atomic E-state index is -0.109. The Labute approximate surface area is 184 Å². The summed E-state index contributed by atoms with van der Waals surface area (Å²) in [6.45, 7) is 24.4. The van der Waals surface area contributed by atoms with Gasteiger partial charge in [0.05, 0.1) is 11.2 Å². The molecule has 2 aliphatic carbocycles. The van der Waals surface area contributed by atoms with Crippen molar-refractivity contribution in [1.82, 2.24) is 0 Å². The van der Waals surface area contributed by atoms with Crippen LogP contribution in [0.3, 0.4) is 0 Å². The monoisotopic (exact) mass is 406 g/mol. The molecule has 0 bridgehead atoms. The lowest BCUT2D eigenvalue weighted by Crippen LogP contribution is -2.55. The Morgan fingerprint density at radius 1 is 0.483 bits per heavy atom. The van der Waals surface area contributed by atoms with Crippen LogP contribution >= 0.6 is 0 Å². The predicted octanol–water partition coefficient (Wildman–Crippen LogP) is 9.05. The highest BCUT2D eigenvalue weighted by atomic mass is 16.5. The van der Waals surface area contributed by atoms with Gasteiger partial charge in [0.25, 0.3) is 0 Å². The van der Waals surface area contributed by atoms with E-state index in [-0.39, 0.29) is 22.0 Å². The molecular formula is C28H54O. The van der Waals surface area contributed by atoms with E-state index in [0.717, 1.165) is 11.8 Å². The van der Waals surface area contributed by atoms with Gasteiger partial charge in [-0.3, -0.25) is 0 Å². The van der Waals surface area contributed by atoms with Crippen LogP contribution in [0.15, 0.2) is 0 Å². The van der Waals surface area contributed by atoms with Crippen molar-refractivity contribution in [2.75, 3.05) is 0 Å². The molecule has 0 N–H and O–H groups in total. The number of hydrogen-bond donors (Lipinski definition) is 0. The first-order valence-electron chi connectivity index (χ1n) is 12.9. The molecule has 0 saturated heterocycles. The summed E-state index contributed by atoms with van der Waals surface area (Å²) in [6.07, 6.45) is 14.0. The molecule has 0 aromatic rings. The maximum Gasteiger partial charge on any atom is 0.0669 e. The summed E-state index contributed by atoms with van der Waals surface area (Å²) in [6, 6.07) is 0. The molecule has 1 heteroatoms. The van der Waals surface area contributed by atoms with Gasteiger partial charge in [-0.25, -0.2) is 0 Å². The van der Waals surface area contributed by atoms with Gasteiger partial charge in [0.2, 0.25) is 0 Å². The molecule has 0 aromatic carbocycles. The first-order valence-corrected chi connectivity index (χ1v) is 12.9. The molecule has 2 saturated carbocycles. The normalized spacial score (nSPS) is 23.8. The van der Waals surface area contributed by atoms with E-state index < -0.39 is 0 Å². The molecule has 2 aliphatic rings. The second-order valence-electron chi connectivity index (χ2n) is 13.8. The van der Waals surface area contributed by atoms with Crippen molar-refractivity contribution in [3.63, 3.8) is 0 Å². The van der Waals surface area contributed by atoms with Gasteiger partial charge in [-0.2, -0.15) is 0 Å². The largest absolute Gasteiger partial charge is 0.369 e. The quantitative estimate of drug-likeness (QED) is 0.427. The molecule has 0 amide bonds. The summed E-state index contributed by atoms with van der Waals surface area (Å²) in [5.74, 6) is 2.80. The van der Waals surface area contributed by atoms with Crippen molar-refractivity contribution in [3.8, 4) is 0 Å². The average Bonchev–Trinajstić information content (AvgIpc) is 2.52. The van der Waals surface area contributed by atoms with Crippen LogP contribution < -0.4 is 0 Å². The minimum Gasteiger partial charge on any atom is -0.369 e. The van der Waals surface area contributed by atoms with Gasteiger partial charge in [-0.1, -0.05) is 106 Å². The van der Waals surface area contributed by atoms with Crippen molar-refractivity contribution in [2.24, 2.45) is 34.5 Å². The van der Waals surface area contributed by atoms with Gasteiger partial charge < -0.3 is 4.74 Å². The summed E-state index contributed by atoms with van der Waals surface area (Å²) in [4.78, 5) is 0. The summed E-state index contributed by atoms with van der Waals surface area (Å²) in [5, 5.41) is 0. The Balaban J connectivity index is 2.31. The fourth-order valence-corrected chi connectivity index (χ4v) is 8.38. The molecule has 29 heavy (non-hydrogen) atoms. The second-order valence-corrected chi connectivity index (χ2v) is 13.8. The highest BCUT2D eigenvalue weighted by molar-refractivity contribution is 4.99. The van der Waals surface area contributed by atoms with Crippen LogP contribution in [0.1, 0.15) is 133 Å². The van der Waals surface area contributed by atoms with Crippen molar-refractivity contribution in [1.29, 1.82) is 0 Å². The molecule has 2 atom stereocenters. The van der Waals surface area contributed by atoms with Crippen molar-refractivity contribution < 1.29 is 4.74 Å². The summed E-state index contributed by atoms with van der Waals surface area (Å²) >= 11 is 0. The smallest absolute Gasteiger partial charge is 0.0669 e. The molecule has 0 radical (unpaired) electrons. The van der Waals surface area contributed by atoms with Crippen molar-refractivity contribution in [3.05, 3.63) is 0 Å². The van der Waals surface area contributed by atoms with Crippen LogP contribution in [0.25, 0.3) is 0 Å².